The van der Waals surface area contributed by atoms with Crippen molar-refractivity contribution in [3.05, 3.63) is 63.6 Å². The maximum absolute atomic E-state index is 12.9. The average Bonchev–Trinajstić information content (AvgIpc) is 3.08. The maximum atomic E-state index is 12.9. The highest BCUT2D eigenvalue weighted by atomic mass is 19.4. The van der Waals surface area contributed by atoms with E-state index < -0.39 is 17.3 Å². The molecule has 2 aromatic rings. The molecule has 0 N–H and O–H groups in total. The highest BCUT2D eigenvalue weighted by Gasteiger charge is 2.31. The molecule has 25 heavy (non-hydrogen) atoms. The van der Waals surface area contributed by atoms with Gasteiger partial charge in [-0.05, 0) is 44.0 Å². The number of alkyl halides is 3. The van der Waals surface area contributed by atoms with Crippen molar-refractivity contribution in [2.75, 3.05) is 13.1 Å². The van der Waals surface area contributed by atoms with Gasteiger partial charge in [0.15, 0.2) is 0 Å². The topological polar surface area (TPSA) is 42.3 Å². The number of halogens is 3. The fourth-order valence-corrected chi connectivity index (χ4v) is 3.09. The Bertz CT molecular complexity index is 865. The van der Waals surface area contributed by atoms with Crippen LogP contribution in [0.4, 0.5) is 13.2 Å². The summed E-state index contributed by atoms with van der Waals surface area (Å²) in [6.45, 7) is 2.88. The number of rotatable bonds is 2. The summed E-state index contributed by atoms with van der Waals surface area (Å²) < 4.78 is 40.0. The Balaban J connectivity index is 2.09. The van der Waals surface area contributed by atoms with E-state index in [4.69, 9.17) is 0 Å². The second-order valence-electron chi connectivity index (χ2n) is 6.05. The summed E-state index contributed by atoms with van der Waals surface area (Å²) in [4.78, 5) is 26.6. The number of nitrogens with zero attached hydrogens (tertiary/aromatic N) is 2. The third-order valence-electron chi connectivity index (χ3n) is 4.39. The number of amides is 1. The molecule has 7 heteroatoms. The first-order valence-electron chi connectivity index (χ1n) is 7.98. The molecule has 1 amide bonds. The van der Waals surface area contributed by atoms with E-state index in [2.05, 4.69) is 0 Å². The zero-order valence-electron chi connectivity index (χ0n) is 13.6. The van der Waals surface area contributed by atoms with E-state index in [1.807, 2.05) is 0 Å². The minimum absolute atomic E-state index is 0.0911. The SMILES string of the molecule is Cc1c(C(=O)N2CCCC2)ccc(=O)n1-c1cccc(C(F)(F)F)c1. The molecule has 1 saturated heterocycles. The number of hydrogen-bond acceptors (Lipinski definition) is 2. The van der Waals surface area contributed by atoms with Crippen LogP contribution in [0.5, 0.6) is 0 Å². The molecule has 4 nitrogen and oxygen atoms in total. The number of carbonyl (C=O) groups excluding carboxylic acids is 1. The summed E-state index contributed by atoms with van der Waals surface area (Å²) >= 11 is 0. The second-order valence-corrected chi connectivity index (χ2v) is 6.05. The predicted molar refractivity (Wildman–Crippen MR) is 86.9 cm³/mol. The minimum Gasteiger partial charge on any atom is -0.339 e. The summed E-state index contributed by atoms with van der Waals surface area (Å²) in [6.07, 6.45) is -2.65. The van der Waals surface area contributed by atoms with Crippen LogP contribution in [0.25, 0.3) is 5.69 Å². The molecular formula is C18H17F3N2O2. The largest absolute Gasteiger partial charge is 0.416 e. The predicted octanol–water partition coefficient (Wildman–Crippen LogP) is 3.40. The van der Waals surface area contributed by atoms with Gasteiger partial charge < -0.3 is 4.90 Å². The lowest BCUT2D eigenvalue weighted by Crippen LogP contribution is -2.31. The van der Waals surface area contributed by atoms with Gasteiger partial charge in [0, 0.05) is 30.5 Å². The van der Waals surface area contributed by atoms with E-state index in [0.717, 1.165) is 29.5 Å². The van der Waals surface area contributed by atoms with Gasteiger partial charge in [-0.2, -0.15) is 13.2 Å². The molecule has 1 aromatic heterocycles. The van der Waals surface area contributed by atoms with Crippen molar-refractivity contribution in [2.24, 2.45) is 0 Å². The monoisotopic (exact) mass is 350 g/mol. The first kappa shape index (κ1) is 17.3. The van der Waals surface area contributed by atoms with Gasteiger partial charge in [0.2, 0.25) is 0 Å². The molecule has 0 radical (unpaired) electrons. The average molecular weight is 350 g/mol. The summed E-state index contributed by atoms with van der Waals surface area (Å²) in [6, 6.07) is 7.20. The van der Waals surface area contributed by atoms with E-state index >= 15 is 0 Å². The van der Waals surface area contributed by atoms with E-state index in [-0.39, 0.29) is 11.6 Å². The van der Waals surface area contributed by atoms with Crippen LogP contribution in [0.2, 0.25) is 0 Å². The van der Waals surface area contributed by atoms with E-state index in [1.54, 1.807) is 11.8 Å². The van der Waals surface area contributed by atoms with Crippen LogP contribution in [0.3, 0.4) is 0 Å². The van der Waals surface area contributed by atoms with Gasteiger partial charge in [0.1, 0.15) is 0 Å². The van der Waals surface area contributed by atoms with Crippen LogP contribution < -0.4 is 5.56 Å². The van der Waals surface area contributed by atoms with Crippen molar-refractivity contribution in [3.63, 3.8) is 0 Å². The van der Waals surface area contributed by atoms with Crippen LogP contribution in [-0.4, -0.2) is 28.5 Å². The summed E-state index contributed by atoms with van der Waals surface area (Å²) in [7, 11) is 0. The summed E-state index contributed by atoms with van der Waals surface area (Å²) in [5.74, 6) is -0.198. The molecule has 0 saturated carbocycles. The summed E-state index contributed by atoms with van der Waals surface area (Å²) in [5, 5.41) is 0. The van der Waals surface area contributed by atoms with Gasteiger partial charge in [0.25, 0.3) is 11.5 Å². The molecule has 0 aliphatic carbocycles. The molecule has 3 rings (SSSR count). The van der Waals surface area contributed by atoms with Crippen molar-refractivity contribution < 1.29 is 18.0 Å². The number of benzene rings is 1. The smallest absolute Gasteiger partial charge is 0.339 e. The zero-order valence-corrected chi connectivity index (χ0v) is 13.6. The molecule has 2 heterocycles. The fraction of sp³-hybridized carbons (Fsp3) is 0.333. The molecular weight excluding hydrogens is 333 g/mol. The molecule has 1 fully saturated rings. The molecule has 132 valence electrons. The quantitative estimate of drug-likeness (QED) is 0.833. The lowest BCUT2D eigenvalue weighted by molar-refractivity contribution is -0.137. The standard InChI is InChI=1S/C18H17F3N2O2/c1-12-15(17(25)22-9-2-3-10-22)7-8-16(24)23(12)14-6-4-5-13(11-14)18(19,20)21/h4-8,11H,2-3,9-10H2,1H3. The van der Waals surface area contributed by atoms with Gasteiger partial charge in [-0.25, -0.2) is 0 Å². The van der Waals surface area contributed by atoms with E-state index in [0.29, 0.717) is 24.3 Å². The Morgan fingerprint density at radius 2 is 1.76 bits per heavy atom. The highest BCUT2D eigenvalue weighted by molar-refractivity contribution is 5.95. The van der Waals surface area contributed by atoms with Crippen molar-refractivity contribution in [1.29, 1.82) is 0 Å². The van der Waals surface area contributed by atoms with E-state index in [9.17, 15) is 22.8 Å². The Kier molecular flexibility index (Phi) is 4.41. The van der Waals surface area contributed by atoms with Crippen molar-refractivity contribution >= 4 is 5.91 Å². The lowest BCUT2D eigenvalue weighted by Gasteiger charge is -2.19. The van der Waals surface area contributed by atoms with Gasteiger partial charge in [-0.1, -0.05) is 6.07 Å². The normalized spacial score (nSPS) is 14.8. The first-order chi connectivity index (χ1) is 11.8. The van der Waals surface area contributed by atoms with Crippen LogP contribution in [0.1, 0.15) is 34.5 Å². The van der Waals surface area contributed by atoms with Gasteiger partial charge >= 0.3 is 6.18 Å². The number of hydrogen-bond donors (Lipinski definition) is 0. The number of aromatic nitrogens is 1. The minimum atomic E-state index is -4.50. The molecule has 0 atom stereocenters. The molecule has 1 aromatic carbocycles. The summed E-state index contributed by atoms with van der Waals surface area (Å²) in [5.41, 5.74) is -0.557. The van der Waals surface area contributed by atoms with Crippen LogP contribution >= 0.6 is 0 Å². The Morgan fingerprint density at radius 3 is 2.40 bits per heavy atom. The molecule has 1 aliphatic rings. The fourth-order valence-electron chi connectivity index (χ4n) is 3.09. The third kappa shape index (κ3) is 3.31. The third-order valence-corrected chi connectivity index (χ3v) is 4.39. The van der Waals surface area contributed by atoms with Crippen LogP contribution in [-0.2, 0) is 6.18 Å². The molecule has 1 aliphatic heterocycles. The number of carbonyl (C=O) groups is 1. The Labute approximate surface area is 142 Å². The lowest BCUT2D eigenvalue weighted by atomic mass is 10.1. The highest BCUT2D eigenvalue weighted by Crippen LogP contribution is 2.30. The first-order valence-corrected chi connectivity index (χ1v) is 7.98. The van der Waals surface area contributed by atoms with Crippen LogP contribution in [0.15, 0.2) is 41.2 Å². The van der Waals surface area contributed by atoms with Gasteiger partial charge in [-0.15, -0.1) is 0 Å². The Morgan fingerprint density at radius 1 is 1.08 bits per heavy atom. The van der Waals surface area contributed by atoms with Crippen LogP contribution in [0, 0.1) is 6.92 Å². The zero-order chi connectivity index (χ0) is 18.2. The van der Waals surface area contributed by atoms with Gasteiger partial charge in [0.05, 0.1) is 11.1 Å². The molecule has 0 unspecified atom stereocenters. The maximum Gasteiger partial charge on any atom is 0.416 e. The van der Waals surface area contributed by atoms with Crippen molar-refractivity contribution in [1.82, 2.24) is 9.47 Å². The van der Waals surface area contributed by atoms with Gasteiger partial charge in [-0.3, -0.25) is 14.2 Å². The molecule has 0 spiro atoms. The molecule has 0 bridgehead atoms. The second kappa shape index (κ2) is 6.38. The number of likely N-dealkylation sites (tertiary alicyclic amines) is 1. The Hall–Kier alpha value is -2.57. The van der Waals surface area contributed by atoms with Crippen molar-refractivity contribution in [2.45, 2.75) is 25.9 Å². The van der Waals surface area contributed by atoms with E-state index in [1.165, 1.54) is 24.3 Å². The van der Waals surface area contributed by atoms with Crippen molar-refractivity contribution in [3.8, 4) is 5.69 Å². The number of pyridine rings is 1.